The number of hydrogen-bond donors (Lipinski definition) is 7. The van der Waals surface area contributed by atoms with Crippen molar-refractivity contribution >= 4 is 27.1 Å². The Bertz CT molecular complexity index is 549. The summed E-state index contributed by atoms with van der Waals surface area (Å²) in [4.78, 5) is 48.4. The van der Waals surface area contributed by atoms with Gasteiger partial charge in [-0.15, -0.1) is 13.2 Å². The number of guanidine groups is 1. The molecule has 0 aromatic carbocycles. The SMILES string of the molecule is C=CC(N(C(=N)NC(C)C(=O)O)C(C=C)P(=O)(O)O)P(=O)(O)O. The molecule has 0 bridgehead atoms. The lowest BCUT2D eigenvalue weighted by Crippen LogP contribution is -2.53. The highest BCUT2D eigenvalue weighted by Crippen LogP contribution is 2.50. The zero-order valence-corrected chi connectivity index (χ0v) is 13.9. The van der Waals surface area contributed by atoms with Gasteiger partial charge in [0.1, 0.15) is 6.04 Å². The summed E-state index contributed by atoms with van der Waals surface area (Å²) in [5, 5.41) is 18.6. The molecule has 23 heavy (non-hydrogen) atoms. The standard InChI is InChI=1S/C10H19N3O8P2/c1-4-7(22(16,17)18)13(8(5-2)23(19,20)21)10(11)12-6(3)9(14)15/h4-8H,1-2H2,3H3,(H2,11,12)(H,14,15)(H2,16,17,18)(H2,19,20,21). The van der Waals surface area contributed by atoms with Crippen molar-refractivity contribution in [1.29, 1.82) is 5.41 Å². The largest absolute Gasteiger partial charge is 0.480 e. The van der Waals surface area contributed by atoms with Crippen molar-refractivity contribution in [2.75, 3.05) is 0 Å². The average Bonchev–Trinajstić information content (AvgIpc) is 2.35. The van der Waals surface area contributed by atoms with E-state index in [1.807, 2.05) is 0 Å². The maximum absolute atomic E-state index is 11.5. The van der Waals surface area contributed by atoms with Gasteiger partial charge in [0, 0.05) is 0 Å². The maximum atomic E-state index is 11.5. The Morgan fingerprint density at radius 1 is 1.13 bits per heavy atom. The van der Waals surface area contributed by atoms with Crippen molar-refractivity contribution < 1.29 is 38.6 Å². The van der Waals surface area contributed by atoms with Crippen LogP contribution in [0.15, 0.2) is 25.3 Å². The summed E-state index contributed by atoms with van der Waals surface area (Å²) in [6.45, 7) is 7.50. The van der Waals surface area contributed by atoms with E-state index in [9.17, 15) is 33.5 Å². The molecule has 0 amide bonds. The molecule has 0 aliphatic heterocycles. The number of aliphatic carboxylic acids is 1. The molecular weight excluding hydrogens is 352 g/mol. The molecule has 0 heterocycles. The van der Waals surface area contributed by atoms with Gasteiger partial charge >= 0.3 is 21.2 Å². The van der Waals surface area contributed by atoms with Crippen LogP contribution >= 0.6 is 15.2 Å². The molecule has 11 nitrogen and oxygen atoms in total. The smallest absolute Gasteiger partial charge is 0.351 e. The molecule has 0 fully saturated rings. The molecule has 0 aliphatic rings. The van der Waals surface area contributed by atoms with Crippen molar-refractivity contribution in [2.45, 2.75) is 24.5 Å². The normalized spacial score (nSPS) is 15.9. The lowest BCUT2D eigenvalue weighted by molar-refractivity contribution is -0.138. The molecule has 3 atom stereocenters. The highest BCUT2D eigenvalue weighted by atomic mass is 31.2. The fourth-order valence-electron chi connectivity index (χ4n) is 1.59. The first-order chi connectivity index (χ1) is 10.3. The van der Waals surface area contributed by atoms with Crippen molar-refractivity contribution in [1.82, 2.24) is 10.2 Å². The Kier molecular flexibility index (Phi) is 7.36. The number of nitrogens with zero attached hydrogens (tertiary/aromatic N) is 1. The third-order valence-corrected chi connectivity index (χ3v) is 4.96. The quantitative estimate of drug-likeness (QED) is 0.129. The number of carboxylic acids is 1. The van der Waals surface area contributed by atoms with Gasteiger partial charge in [-0.2, -0.15) is 0 Å². The summed E-state index contributed by atoms with van der Waals surface area (Å²) in [5.41, 5.74) is 0. The molecule has 0 saturated heterocycles. The van der Waals surface area contributed by atoms with Crippen LogP contribution in [0.4, 0.5) is 0 Å². The van der Waals surface area contributed by atoms with Crippen LogP contribution < -0.4 is 5.32 Å². The van der Waals surface area contributed by atoms with Crippen molar-refractivity contribution in [2.24, 2.45) is 0 Å². The fourth-order valence-corrected chi connectivity index (χ4v) is 3.41. The number of rotatable bonds is 8. The van der Waals surface area contributed by atoms with Gasteiger partial charge in [-0.3, -0.25) is 19.3 Å². The van der Waals surface area contributed by atoms with Gasteiger partial charge in [-0.25, -0.2) is 0 Å². The lowest BCUT2D eigenvalue weighted by Gasteiger charge is -2.37. The molecule has 0 spiro atoms. The third kappa shape index (κ3) is 5.91. The molecule has 132 valence electrons. The Morgan fingerprint density at radius 3 is 1.70 bits per heavy atom. The highest BCUT2D eigenvalue weighted by Gasteiger charge is 2.43. The van der Waals surface area contributed by atoms with Gasteiger partial charge in [0.25, 0.3) is 0 Å². The van der Waals surface area contributed by atoms with Crippen LogP contribution in [-0.4, -0.2) is 59.1 Å². The summed E-state index contributed by atoms with van der Waals surface area (Å²) in [5.74, 6) is -6.24. The minimum Gasteiger partial charge on any atom is -0.480 e. The van der Waals surface area contributed by atoms with Crippen molar-refractivity contribution in [3.63, 3.8) is 0 Å². The molecule has 0 aromatic rings. The highest BCUT2D eigenvalue weighted by molar-refractivity contribution is 7.53. The van der Waals surface area contributed by atoms with Gasteiger partial charge in [0.15, 0.2) is 17.5 Å². The summed E-state index contributed by atoms with van der Waals surface area (Å²) >= 11 is 0. The summed E-state index contributed by atoms with van der Waals surface area (Å²) < 4.78 is 23.1. The van der Waals surface area contributed by atoms with Gasteiger partial charge in [0.05, 0.1) is 0 Å². The van der Waals surface area contributed by atoms with Crippen LogP contribution in [0.2, 0.25) is 0 Å². The first-order valence-corrected chi connectivity index (χ1v) is 9.35. The monoisotopic (exact) mass is 371 g/mol. The minimum atomic E-state index is -5.00. The van der Waals surface area contributed by atoms with Crippen LogP contribution in [-0.2, 0) is 13.9 Å². The predicted octanol–water partition coefficient (Wildman–Crippen LogP) is -0.335. The van der Waals surface area contributed by atoms with Crippen LogP contribution in [0.25, 0.3) is 0 Å². The van der Waals surface area contributed by atoms with Gasteiger partial charge in [0.2, 0.25) is 0 Å². The molecule has 0 aromatic heterocycles. The summed E-state index contributed by atoms with van der Waals surface area (Å²) in [7, 11) is -10.0. The molecule has 7 N–H and O–H groups in total. The average molecular weight is 371 g/mol. The third-order valence-electron chi connectivity index (χ3n) is 2.66. The van der Waals surface area contributed by atoms with E-state index in [1.54, 1.807) is 0 Å². The van der Waals surface area contributed by atoms with Crippen molar-refractivity contribution in [3.05, 3.63) is 25.3 Å². The number of carbonyl (C=O) groups is 1. The van der Waals surface area contributed by atoms with E-state index in [1.165, 1.54) is 0 Å². The summed E-state index contributed by atoms with van der Waals surface area (Å²) in [6.07, 6.45) is 1.41. The zero-order chi connectivity index (χ0) is 18.6. The molecular formula is C10H19N3O8P2. The van der Waals surface area contributed by atoms with Crippen LogP contribution in [0, 0.1) is 5.41 Å². The molecule has 0 radical (unpaired) electrons. The Balaban J connectivity index is 5.99. The van der Waals surface area contributed by atoms with Gasteiger partial charge < -0.3 is 34.9 Å². The second-order valence-corrected chi connectivity index (χ2v) is 7.85. The Morgan fingerprint density at radius 2 is 1.48 bits per heavy atom. The van der Waals surface area contributed by atoms with E-state index in [-0.39, 0.29) is 0 Å². The second-order valence-electron chi connectivity index (χ2n) is 4.44. The van der Waals surface area contributed by atoms with Crippen LogP contribution in [0.5, 0.6) is 0 Å². The number of nitrogens with one attached hydrogen (secondary N) is 2. The molecule has 0 rings (SSSR count). The number of carboxylic acid groups (broad SMARTS) is 1. The fraction of sp³-hybridized carbons (Fsp3) is 0.400. The number of hydrogen-bond acceptors (Lipinski definition) is 4. The van der Waals surface area contributed by atoms with E-state index >= 15 is 0 Å². The first-order valence-electron chi connectivity index (χ1n) is 5.99. The van der Waals surface area contributed by atoms with E-state index < -0.39 is 44.7 Å². The van der Waals surface area contributed by atoms with E-state index in [2.05, 4.69) is 18.5 Å². The minimum absolute atomic E-state index is 0.348. The molecule has 13 heteroatoms. The van der Waals surface area contributed by atoms with Crippen molar-refractivity contribution in [3.8, 4) is 0 Å². The van der Waals surface area contributed by atoms with E-state index in [0.29, 0.717) is 17.1 Å². The Hall–Kier alpha value is -1.48. The van der Waals surface area contributed by atoms with Gasteiger partial charge in [-0.05, 0) is 6.92 Å². The van der Waals surface area contributed by atoms with Gasteiger partial charge in [-0.1, -0.05) is 12.2 Å². The predicted molar refractivity (Wildman–Crippen MR) is 81.9 cm³/mol. The molecule has 0 aliphatic carbocycles. The Labute approximate surface area is 132 Å². The second kappa shape index (κ2) is 7.87. The van der Waals surface area contributed by atoms with Crippen LogP contribution in [0.1, 0.15) is 6.92 Å². The maximum Gasteiger partial charge on any atom is 0.351 e. The first kappa shape index (κ1) is 21.5. The van der Waals surface area contributed by atoms with E-state index in [0.717, 1.165) is 6.92 Å². The zero-order valence-electron chi connectivity index (χ0n) is 12.1. The topological polar surface area (TPSA) is 191 Å². The lowest BCUT2D eigenvalue weighted by atomic mass is 10.3. The van der Waals surface area contributed by atoms with E-state index in [4.69, 9.17) is 10.5 Å². The van der Waals surface area contributed by atoms with Crippen LogP contribution in [0.3, 0.4) is 0 Å². The summed E-state index contributed by atoms with van der Waals surface area (Å²) in [6, 6.07) is -1.35. The molecule has 0 saturated carbocycles. The molecule has 3 unspecified atom stereocenters.